The largest absolute Gasteiger partial charge is 0.480 e. The van der Waals surface area contributed by atoms with E-state index in [1.165, 1.54) is 0 Å². The maximum Gasteiger partial charge on any atom is 0.323 e. The Balaban J connectivity index is 2.69. The van der Waals surface area contributed by atoms with Crippen molar-refractivity contribution in [3.63, 3.8) is 0 Å². The lowest BCUT2D eigenvalue weighted by atomic mass is 10.2. The minimum atomic E-state index is -1.08. The SMILES string of the molecule is C#CCN(CC(=O)O)C(=O)N1CC(C)OC(C)C1. The molecule has 1 saturated heterocycles. The van der Waals surface area contributed by atoms with Gasteiger partial charge in [0, 0.05) is 13.1 Å². The first-order valence-electron chi connectivity index (χ1n) is 5.78. The zero-order valence-corrected chi connectivity index (χ0v) is 10.6. The number of carboxylic acids is 1. The van der Waals surface area contributed by atoms with Gasteiger partial charge in [0.25, 0.3) is 0 Å². The van der Waals surface area contributed by atoms with Crippen LogP contribution in [0.15, 0.2) is 0 Å². The van der Waals surface area contributed by atoms with Gasteiger partial charge in [0.2, 0.25) is 0 Å². The number of rotatable bonds is 3. The molecule has 1 rings (SSSR count). The molecule has 6 heteroatoms. The van der Waals surface area contributed by atoms with Crippen LogP contribution >= 0.6 is 0 Å². The van der Waals surface area contributed by atoms with Gasteiger partial charge in [0.05, 0.1) is 18.8 Å². The van der Waals surface area contributed by atoms with Gasteiger partial charge in [-0.1, -0.05) is 5.92 Å². The van der Waals surface area contributed by atoms with Crippen LogP contribution in [0.25, 0.3) is 0 Å². The van der Waals surface area contributed by atoms with Gasteiger partial charge in [-0.25, -0.2) is 4.79 Å². The second kappa shape index (κ2) is 6.26. The third kappa shape index (κ3) is 3.93. The van der Waals surface area contributed by atoms with Gasteiger partial charge >= 0.3 is 12.0 Å². The lowest BCUT2D eigenvalue weighted by molar-refractivity contribution is -0.137. The van der Waals surface area contributed by atoms with Crippen molar-refractivity contribution in [2.24, 2.45) is 0 Å². The topological polar surface area (TPSA) is 70.1 Å². The quantitative estimate of drug-likeness (QED) is 0.732. The number of carboxylic acid groups (broad SMARTS) is 1. The summed E-state index contributed by atoms with van der Waals surface area (Å²) in [7, 11) is 0. The highest BCUT2D eigenvalue weighted by Crippen LogP contribution is 2.12. The van der Waals surface area contributed by atoms with Gasteiger partial charge in [-0.2, -0.15) is 0 Å². The van der Waals surface area contributed by atoms with Crippen LogP contribution in [0.1, 0.15) is 13.8 Å². The van der Waals surface area contributed by atoms with E-state index in [1.54, 1.807) is 4.90 Å². The molecule has 2 unspecified atom stereocenters. The number of terminal acetylenes is 1. The van der Waals surface area contributed by atoms with Crippen molar-refractivity contribution >= 4 is 12.0 Å². The lowest BCUT2D eigenvalue weighted by Crippen LogP contribution is -2.53. The van der Waals surface area contributed by atoms with E-state index in [-0.39, 0.29) is 31.3 Å². The summed E-state index contributed by atoms with van der Waals surface area (Å²) in [4.78, 5) is 25.6. The van der Waals surface area contributed by atoms with Crippen LogP contribution in [0.2, 0.25) is 0 Å². The van der Waals surface area contributed by atoms with Gasteiger partial charge in [0.15, 0.2) is 0 Å². The second-order valence-electron chi connectivity index (χ2n) is 4.40. The maximum absolute atomic E-state index is 12.2. The summed E-state index contributed by atoms with van der Waals surface area (Å²) in [5.41, 5.74) is 0. The normalized spacial score (nSPS) is 23.3. The van der Waals surface area contributed by atoms with Crippen molar-refractivity contribution in [1.82, 2.24) is 9.80 Å². The third-order valence-corrected chi connectivity index (χ3v) is 2.57. The van der Waals surface area contributed by atoms with E-state index in [4.69, 9.17) is 16.3 Å². The van der Waals surface area contributed by atoms with Gasteiger partial charge in [-0.3, -0.25) is 4.79 Å². The van der Waals surface area contributed by atoms with E-state index in [9.17, 15) is 9.59 Å². The van der Waals surface area contributed by atoms with Crippen molar-refractivity contribution in [2.45, 2.75) is 26.1 Å². The molecule has 18 heavy (non-hydrogen) atoms. The molecule has 1 aliphatic heterocycles. The van der Waals surface area contributed by atoms with Gasteiger partial charge in [0.1, 0.15) is 6.54 Å². The average molecular weight is 254 g/mol. The summed E-state index contributed by atoms with van der Waals surface area (Å²) in [5, 5.41) is 8.76. The third-order valence-electron chi connectivity index (χ3n) is 2.57. The highest BCUT2D eigenvalue weighted by Gasteiger charge is 2.29. The molecule has 0 radical (unpaired) electrons. The van der Waals surface area contributed by atoms with Crippen LogP contribution in [-0.2, 0) is 9.53 Å². The number of urea groups is 1. The molecule has 0 bridgehead atoms. The van der Waals surface area contributed by atoms with E-state index in [1.807, 2.05) is 13.8 Å². The fraction of sp³-hybridized carbons (Fsp3) is 0.667. The summed E-state index contributed by atoms with van der Waals surface area (Å²) >= 11 is 0. The average Bonchev–Trinajstić information content (AvgIpc) is 2.25. The fourth-order valence-corrected chi connectivity index (χ4v) is 2.00. The van der Waals surface area contributed by atoms with E-state index < -0.39 is 5.97 Å². The number of ether oxygens (including phenoxy) is 1. The fourth-order valence-electron chi connectivity index (χ4n) is 2.00. The minimum absolute atomic E-state index is 0.00868. The maximum atomic E-state index is 12.2. The molecule has 0 aromatic carbocycles. The molecular weight excluding hydrogens is 236 g/mol. The Bertz CT molecular complexity index is 354. The van der Waals surface area contributed by atoms with Crippen molar-refractivity contribution < 1.29 is 19.4 Å². The van der Waals surface area contributed by atoms with Crippen molar-refractivity contribution in [3.05, 3.63) is 0 Å². The standard InChI is InChI=1S/C12H18N2O4/c1-4-5-13(8-11(15)16)12(17)14-6-9(2)18-10(3)7-14/h1,9-10H,5-8H2,2-3H3,(H,15,16). The smallest absolute Gasteiger partial charge is 0.323 e. The lowest BCUT2D eigenvalue weighted by Gasteiger charge is -2.37. The van der Waals surface area contributed by atoms with E-state index in [0.717, 1.165) is 4.90 Å². The van der Waals surface area contributed by atoms with Crippen LogP contribution < -0.4 is 0 Å². The number of hydrogen-bond donors (Lipinski definition) is 1. The summed E-state index contributed by atoms with van der Waals surface area (Å²) in [5.74, 6) is 1.22. The van der Waals surface area contributed by atoms with Crippen LogP contribution in [0.3, 0.4) is 0 Å². The number of morpholine rings is 1. The zero-order valence-electron chi connectivity index (χ0n) is 10.6. The van der Waals surface area contributed by atoms with Crippen LogP contribution in [0, 0.1) is 12.3 Å². The predicted molar refractivity (Wildman–Crippen MR) is 65.0 cm³/mol. The van der Waals surface area contributed by atoms with Gasteiger partial charge in [-0.15, -0.1) is 6.42 Å². The van der Waals surface area contributed by atoms with Crippen LogP contribution in [-0.4, -0.2) is 65.3 Å². The molecule has 2 amide bonds. The summed E-state index contributed by atoms with van der Waals surface area (Å²) < 4.78 is 5.52. The Hall–Kier alpha value is -1.74. The first-order valence-corrected chi connectivity index (χ1v) is 5.78. The Kier molecular flexibility index (Phi) is 4.98. The molecule has 0 spiro atoms. The molecule has 100 valence electrons. The number of carbonyl (C=O) groups is 2. The number of nitrogens with zero attached hydrogens (tertiary/aromatic N) is 2. The number of hydrogen-bond acceptors (Lipinski definition) is 3. The van der Waals surface area contributed by atoms with Crippen molar-refractivity contribution in [1.29, 1.82) is 0 Å². The Morgan fingerprint density at radius 2 is 2.00 bits per heavy atom. The predicted octanol–water partition coefficient (Wildman–Crippen LogP) is 0.235. The molecule has 0 aromatic heterocycles. The molecular formula is C12H18N2O4. The van der Waals surface area contributed by atoms with Crippen LogP contribution in [0.5, 0.6) is 0 Å². The van der Waals surface area contributed by atoms with E-state index in [0.29, 0.717) is 13.1 Å². The van der Waals surface area contributed by atoms with Crippen molar-refractivity contribution in [2.75, 3.05) is 26.2 Å². The highest BCUT2D eigenvalue weighted by molar-refractivity contribution is 5.80. The van der Waals surface area contributed by atoms with Crippen molar-refractivity contribution in [3.8, 4) is 12.3 Å². The van der Waals surface area contributed by atoms with E-state index >= 15 is 0 Å². The second-order valence-corrected chi connectivity index (χ2v) is 4.40. The molecule has 1 heterocycles. The number of carbonyl (C=O) groups excluding carboxylic acids is 1. The summed E-state index contributed by atoms with van der Waals surface area (Å²) in [6.07, 6.45) is 5.03. The Morgan fingerprint density at radius 3 is 2.44 bits per heavy atom. The van der Waals surface area contributed by atoms with E-state index in [2.05, 4.69) is 5.92 Å². The summed E-state index contributed by atoms with van der Waals surface area (Å²) in [6, 6.07) is -0.350. The first kappa shape index (κ1) is 14.3. The molecule has 0 aliphatic carbocycles. The molecule has 1 N–H and O–H groups in total. The number of amides is 2. The summed E-state index contributed by atoms with van der Waals surface area (Å²) in [6.45, 7) is 4.25. The van der Waals surface area contributed by atoms with Gasteiger partial charge in [-0.05, 0) is 13.8 Å². The zero-order chi connectivity index (χ0) is 13.7. The minimum Gasteiger partial charge on any atom is -0.480 e. The molecule has 1 fully saturated rings. The molecule has 1 aliphatic rings. The highest BCUT2D eigenvalue weighted by atomic mass is 16.5. The molecule has 2 atom stereocenters. The number of aliphatic carboxylic acids is 1. The Labute approximate surface area is 106 Å². The molecule has 0 saturated carbocycles. The first-order chi connectivity index (χ1) is 8.43. The van der Waals surface area contributed by atoms with Crippen LogP contribution in [0.4, 0.5) is 4.79 Å². The monoisotopic (exact) mass is 254 g/mol. The Morgan fingerprint density at radius 1 is 1.44 bits per heavy atom. The molecule has 6 nitrogen and oxygen atoms in total. The van der Waals surface area contributed by atoms with Gasteiger partial charge < -0.3 is 19.6 Å². The molecule has 0 aromatic rings.